The highest BCUT2D eigenvalue weighted by Gasteiger charge is 2.35. The van der Waals surface area contributed by atoms with Gasteiger partial charge in [0.25, 0.3) is 11.7 Å². The average Bonchev–Trinajstić information content (AvgIpc) is 2.77. The van der Waals surface area contributed by atoms with Crippen molar-refractivity contribution >= 4 is 17.4 Å². The maximum Gasteiger partial charge on any atom is 0.299 e. The number of carbonyl (C=O) groups excluding carboxylic acids is 2. The fraction of sp³-hybridized carbons (Fsp3) is 0.222. The molecule has 0 fully saturated rings. The third kappa shape index (κ3) is 2.47. The quantitative estimate of drug-likeness (QED) is 0.807. The molecule has 0 saturated carbocycles. The predicted octanol–water partition coefficient (Wildman–Crippen LogP) is 3.02. The van der Waals surface area contributed by atoms with E-state index in [1.807, 2.05) is 55.5 Å². The Morgan fingerprint density at radius 1 is 0.952 bits per heavy atom. The normalized spacial score (nSPS) is 13.7. The van der Waals surface area contributed by atoms with Gasteiger partial charge in [-0.15, -0.1) is 0 Å². The molecule has 0 radical (unpaired) electrons. The molecular formula is C18H17NO2. The van der Waals surface area contributed by atoms with Crippen LogP contribution in [0.15, 0.2) is 48.5 Å². The molecule has 1 aliphatic rings. The van der Waals surface area contributed by atoms with Gasteiger partial charge in [0.1, 0.15) is 0 Å². The van der Waals surface area contributed by atoms with Crippen LogP contribution in [0.4, 0.5) is 5.69 Å². The van der Waals surface area contributed by atoms with Crippen LogP contribution < -0.4 is 4.90 Å². The van der Waals surface area contributed by atoms with Crippen LogP contribution >= 0.6 is 0 Å². The Morgan fingerprint density at radius 2 is 1.71 bits per heavy atom. The number of benzene rings is 2. The molecule has 3 rings (SSSR count). The minimum Gasteiger partial charge on any atom is -0.304 e. The molecule has 106 valence electrons. The van der Waals surface area contributed by atoms with Crippen molar-refractivity contribution < 1.29 is 9.59 Å². The number of rotatable bonds is 4. The molecule has 21 heavy (non-hydrogen) atoms. The maximum atomic E-state index is 12.2. The van der Waals surface area contributed by atoms with E-state index in [-0.39, 0.29) is 5.78 Å². The van der Waals surface area contributed by atoms with E-state index in [0.717, 1.165) is 29.7 Å². The smallest absolute Gasteiger partial charge is 0.299 e. The van der Waals surface area contributed by atoms with E-state index in [1.165, 1.54) is 0 Å². The number of ketones is 1. The number of nitrogens with zero attached hydrogens (tertiary/aromatic N) is 1. The first kappa shape index (κ1) is 13.6. The minimum absolute atomic E-state index is 0.381. The molecule has 1 aliphatic heterocycles. The number of anilines is 1. The molecule has 3 nitrogen and oxygen atoms in total. The summed E-state index contributed by atoms with van der Waals surface area (Å²) >= 11 is 0. The zero-order chi connectivity index (χ0) is 14.8. The van der Waals surface area contributed by atoms with Crippen LogP contribution in [0.1, 0.15) is 28.4 Å². The van der Waals surface area contributed by atoms with Crippen molar-refractivity contribution in [1.82, 2.24) is 0 Å². The van der Waals surface area contributed by atoms with Crippen molar-refractivity contribution in [3.8, 4) is 0 Å². The lowest BCUT2D eigenvalue weighted by molar-refractivity contribution is -0.114. The van der Waals surface area contributed by atoms with Gasteiger partial charge < -0.3 is 4.90 Å². The third-order valence-corrected chi connectivity index (χ3v) is 3.91. The van der Waals surface area contributed by atoms with E-state index in [1.54, 1.807) is 4.90 Å². The van der Waals surface area contributed by atoms with Gasteiger partial charge in [-0.1, -0.05) is 43.3 Å². The lowest BCUT2D eigenvalue weighted by atomic mass is 10.1. The standard InChI is InChI=1S/C18H17NO2/c1-2-13-8-9-16-15(12-13)17(20)18(21)19(16)11-10-14-6-4-3-5-7-14/h3-9,12H,2,10-11H2,1H3. The van der Waals surface area contributed by atoms with Crippen molar-refractivity contribution in [3.63, 3.8) is 0 Å². The van der Waals surface area contributed by atoms with Gasteiger partial charge in [-0.3, -0.25) is 9.59 Å². The van der Waals surface area contributed by atoms with E-state index in [4.69, 9.17) is 0 Å². The zero-order valence-corrected chi connectivity index (χ0v) is 12.0. The molecule has 1 amide bonds. The van der Waals surface area contributed by atoms with Gasteiger partial charge >= 0.3 is 0 Å². The van der Waals surface area contributed by atoms with Crippen LogP contribution in [0.2, 0.25) is 0 Å². The van der Waals surface area contributed by atoms with Crippen LogP contribution in [0.25, 0.3) is 0 Å². The van der Waals surface area contributed by atoms with Crippen LogP contribution in [0.3, 0.4) is 0 Å². The van der Waals surface area contributed by atoms with E-state index in [0.29, 0.717) is 12.1 Å². The minimum atomic E-state index is -0.408. The van der Waals surface area contributed by atoms with Gasteiger partial charge in [-0.05, 0) is 36.1 Å². The van der Waals surface area contributed by atoms with Crippen LogP contribution in [-0.4, -0.2) is 18.2 Å². The van der Waals surface area contributed by atoms with Crippen molar-refractivity contribution in [3.05, 3.63) is 65.2 Å². The Hall–Kier alpha value is -2.42. The van der Waals surface area contributed by atoms with E-state index in [2.05, 4.69) is 0 Å². The SMILES string of the molecule is CCc1ccc2c(c1)C(=O)C(=O)N2CCc1ccccc1. The molecule has 0 aliphatic carbocycles. The second kappa shape index (κ2) is 5.52. The summed E-state index contributed by atoms with van der Waals surface area (Å²) in [6, 6.07) is 15.7. The molecular weight excluding hydrogens is 262 g/mol. The Bertz CT molecular complexity index is 692. The fourth-order valence-corrected chi connectivity index (χ4v) is 2.68. The van der Waals surface area contributed by atoms with Crippen molar-refractivity contribution in [2.24, 2.45) is 0 Å². The first-order chi connectivity index (χ1) is 10.2. The molecule has 2 aromatic carbocycles. The summed E-state index contributed by atoms with van der Waals surface area (Å²) in [6.45, 7) is 2.57. The topological polar surface area (TPSA) is 37.4 Å². The Balaban J connectivity index is 1.84. The summed E-state index contributed by atoms with van der Waals surface area (Å²) in [6.07, 6.45) is 1.60. The van der Waals surface area contributed by atoms with Gasteiger partial charge in [-0.25, -0.2) is 0 Å². The second-order valence-electron chi connectivity index (χ2n) is 5.23. The summed E-state index contributed by atoms with van der Waals surface area (Å²) in [4.78, 5) is 25.9. The number of carbonyl (C=O) groups is 2. The average molecular weight is 279 g/mol. The largest absolute Gasteiger partial charge is 0.304 e. The van der Waals surface area contributed by atoms with E-state index < -0.39 is 5.91 Å². The summed E-state index contributed by atoms with van der Waals surface area (Å²) in [5.41, 5.74) is 3.54. The molecule has 0 bridgehead atoms. The molecule has 0 spiro atoms. The highest BCUT2D eigenvalue weighted by molar-refractivity contribution is 6.52. The van der Waals surface area contributed by atoms with Crippen LogP contribution in [0.5, 0.6) is 0 Å². The Labute approximate surface area is 124 Å². The van der Waals surface area contributed by atoms with Gasteiger partial charge in [0.2, 0.25) is 0 Å². The summed E-state index contributed by atoms with van der Waals surface area (Å²) < 4.78 is 0. The van der Waals surface area contributed by atoms with Crippen LogP contribution in [-0.2, 0) is 17.6 Å². The second-order valence-corrected chi connectivity index (χ2v) is 5.23. The van der Waals surface area contributed by atoms with Gasteiger partial charge in [0.05, 0.1) is 11.3 Å². The lowest BCUT2D eigenvalue weighted by Gasteiger charge is -2.16. The molecule has 0 aromatic heterocycles. The summed E-state index contributed by atoms with van der Waals surface area (Å²) in [7, 11) is 0. The number of aryl methyl sites for hydroxylation is 1. The molecule has 0 unspecified atom stereocenters. The van der Waals surface area contributed by atoms with Crippen molar-refractivity contribution in [1.29, 1.82) is 0 Å². The first-order valence-electron chi connectivity index (χ1n) is 7.23. The monoisotopic (exact) mass is 279 g/mol. The van der Waals surface area contributed by atoms with Gasteiger partial charge in [-0.2, -0.15) is 0 Å². The van der Waals surface area contributed by atoms with Gasteiger partial charge in [0, 0.05) is 6.54 Å². The van der Waals surface area contributed by atoms with Crippen molar-refractivity contribution in [2.45, 2.75) is 19.8 Å². The summed E-state index contributed by atoms with van der Waals surface area (Å²) in [5, 5.41) is 0. The molecule has 0 N–H and O–H groups in total. The predicted molar refractivity (Wildman–Crippen MR) is 82.6 cm³/mol. The number of hydrogen-bond donors (Lipinski definition) is 0. The molecule has 2 aromatic rings. The first-order valence-corrected chi connectivity index (χ1v) is 7.23. The van der Waals surface area contributed by atoms with Crippen LogP contribution in [0, 0.1) is 0 Å². The third-order valence-electron chi connectivity index (χ3n) is 3.91. The van der Waals surface area contributed by atoms with Gasteiger partial charge in [0.15, 0.2) is 0 Å². The molecule has 0 atom stereocenters. The number of hydrogen-bond acceptors (Lipinski definition) is 2. The fourth-order valence-electron chi connectivity index (χ4n) is 2.68. The molecule has 3 heteroatoms. The summed E-state index contributed by atoms with van der Waals surface area (Å²) in [5.74, 6) is -0.789. The number of fused-ring (bicyclic) bond motifs is 1. The number of Topliss-reactive ketones (excluding diaryl/α,β-unsaturated/α-hetero) is 1. The zero-order valence-electron chi connectivity index (χ0n) is 12.0. The Morgan fingerprint density at radius 3 is 2.43 bits per heavy atom. The van der Waals surface area contributed by atoms with E-state index >= 15 is 0 Å². The highest BCUT2D eigenvalue weighted by Crippen LogP contribution is 2.30. The molecule has 0 saturated heterocycles. The lowest BCUT2D eigenvalue weighted by Crippen LogP contribution is -2.31. The Kier molecular flexibility index (Phi) is 3.57. The maximum absolute atomic E-state index is 12.2. The molecule has 1 heterocycles. The highest BCUT2D eigenvalue weighted by atomic mass is 16.2. The van der Waals surface area contributed by atoms with Crippen molar-refractivity contribution in [2.75, 3.05) is 11.4 Å². The number of amides is 1. The van der Waals surface area contributed by atoms with E-state index in [9.17, 15) is 9.59 Å².